The molecule has 1 aliphatic carbocycles. The van der Waals surface area contributed by atoms with Gasteiger partial charge in [-0.3, -0.25) is 4.98 Å². The first-order valence-electron chi connectivity index (χ1n) is 6.49. The van der Waals surface area contributed by atoms with Crippen LogP contribution in [0, 0.1) is 6.92 Å². The van der Waals surface area contributed by atoms with Crippen LogP contribution in [0.15, 0.2) is 18.3 Å². The Morgan fingerprint density at radius 2 is 1.94 bits per heavy atom. The Balaban J connectivity index is 1.71. The summed E-state index contributed by atoms with van der Waals surface area (Å²) >= 11 is 0. The molecule has 1 saturated heterocycles. The van der Waals surface area contributed by atoms with E-state index >= 15 is 0 Å². The fraction of sp³-hybridized carbons (Fsp3) is 0.643. The first kappa shape index (κ1) is 11.2. The van der Waals surface area contributed by atoms with E-state index in [2.05, 4.69) is 18.0 Å². The number of aryl methyl sites for hydroxylation is 1. The topological polar surface area (TPSA) is 31.4 Å². The minimum atomic E-state index is -0.243. The largest absolute Gasteiger partial charge is 0.348 e. The second kappa shape index (κ2) is 4.39. The fourth-order valence-electron chi connectivity index (χ4n) is 3.08. The maximum Gasteiger partial charge on any atom is 0.168 e. The molecule has 2 heterocycles. The number of hydrogen-bond acceptors (Lipinski definition) is 3. The zero-order valence-corrected chi connectivity index (χ0v) is 10.3. The zero-order chi connectivity index (χ0) is 11.7. The van der Waals surface area contributed by atoms with Crippen molar-refractivity contribution >= 4 is 0 Å². The van der Waals surface area contributed by atoms with Crippen LogP contribution in [0.3, 0.4) is 0 Å². The summed E-state index contributed by atoms with van der Waals surface area (Å²) in [6.45, 7) is 3.62. The Morgan fingerprint density at radius 1 is 1.24 bits per heavy atom. The van der Waals surface area contributed by atoms with Gasteiger partial charge in [-0.1, -0.05) is 6.07 Å². The summed E-state index contributed by atoms with van der Waals surface area (Å²) in [6.07, 6.45) is 6.20. The third kappa shape index (κ3) is 2.09. The predicted octanol–water partition coefficient (Wildman–Crippen LogP) is 2.79. The Morgan fingerprint density at radius 3 is 2.59 bits per heavy atom. The molecule has 17 heavy (non-hydrogen) atoms. The first-order valence-corrected chi connectivity index (χ1v) is 6.49. The number of rotatable bonds is 1. The van der Waals surface area contributed by atoms with E-state index in [-0.39, 0.29) is 5.79 Å². The molecule has 0 radical (unpaired) electrons. The van der Waals surface area contributed by atoms with Gasteiger partial charge in [0.25, 0.3) is 0 Å². The summed E-state index contributed by atoms with van der Waals surface area (Å²) in [5, 5.41) is 0. The molecule has 1 aromatic heterocycles. The molecule has 0 aromatic carbocycles. The van der Waals surface area contributed by atoms with Crippen LogP contribution in [0.2, 0.25) is 0 Å². The average molecular weight is 233 g/mol. The minimum Gasteiger partial charge on any atom is -0.348 e. The maximum atomic E-state index is 5.76. The number of nitrogens with zero attached hydrogens (tertiary/aromatic N) is 1. The Labute approximate surface area is 102 Å². The van der Waals surface area contributed by atoms with Crippen LogP contribution in [0.4, 0.5) is 0 Å². The van der Waals surface area contributed by atoms with Crippen molar-refractivity contribution in [3.63, 3.8) is 0 Å². The molecule has 0 amide bonds. The van der Waals surface area contributed by atoms with Crippen LogP contribution in [-0.4, -0.2) is 24.0 Å². The molecular weight excluding hydrogens is 214 g/mol. The molecule has 3 heteroatoms. The van der Waals surface area contributed by atoms with Gasteiger partial charge in [0.05, 0.1) is 13.2 Å². The quantitative estimate of drug-likeness (QED) is 0.747. The molecule has 2 aliphatic rings. The summed E-state index contributed by atoms with van der Waals surface area (Å²) in [5.41, 5.74) is 2.57. The van der Waals surface area contributed by atoms with E-state index in [0.29, 0.717) is 5.92 Å². The Kier molecular flexibility index (Phi) is 2.89. The number of aromatic nitrogens is 1. The van der Waals surface area contributed by atoms with Crippen molar-refractivity contribution in [3.05, 3.63) is 29.6 Å². The molecule has 1 saturated carbocycles. The van der Waals surface area contributed by atoms with E-state index in [9.17, 15) is 0 Å². The Hall–Kier alpha value is -0.930. The van der Waals surface area contributed by atoms with Gasteiger partial charge in [0, 0.05) is 24.7 Å². The van der Waals surface area contributed by atoms with Gasteiger partial charge in [0.2, 0.25) is 0 Å². The summed E-state index contributed by atoms with van der Waals surface area (Å²) in [7, 11) is 0. The molecule has 1 aromatic rings. The van der Waals surface area contributed by atoms with E-state index in [1.807, 2.05) is 12.3 Å². The van der Waals surface area contributed by atoms with Gasteiger partial charge in [-0.25, -0.2) is 0 Å². The summed E-state index contributed by atoms with van der Waals surface area (Å²) in [5.74, 6) is 0.384. The van der Waals surface area contributed by atoms with Crippen LogP contribution in [-0.2, 0) is 9.47 Å². The molecule has 3 rings (SSSR count). The molecule has 1 spiro atoms. The second-order valence-electron chi connectivity index (χ2n) is 5.06. The third-order valence-corrected chi connectivity index (χ3v) is 4.05. The van der Waals surface area contributed by atoms with Crippen molar-refractivity contribution in [2.24, 2.45) is 0 Å². The van der Waals surface area contributed by atoms with Crippen molar-refractivity contribution in [1.29, 1.82) is 0 Å². The van der Waals surface area contributed by atoms with Gasteiger partial charge in [-0.05, 0) is 37.3 Å². The average Bonchev–Trinajstić information content (AvgIpc) is 2.80. The number of ether oxygens (including phenoxy) is 2. The molecule has 1 aliphatic heterocycles. The van der Waals surface area contributed by atoms with Gasteiger partial charge in [0.1, 0.15) is 0 Å². The lowest BCUT2D eigenvalue weighted by atomic mass is 9.80. The lowest BCUT2D eigenvalue weighted by molar-refractivity contribution is -0.178. The smallest absolute Gasteiger partial charge is 0.168 e. The zero-order valence-electron chi connectivity index (χ0n) is 10.3. The van der Waals surface area contributed by atoms with E-state index < -0.39 is 0 Å². The predicted molar refractivity (Wildman–Crippen MR) is 64.8 cm³/mol. The molecule has 0 bridgehead atoms. The molecule has 0 atom stereocenters. The molecule has 3 nitrogen and oxygen atoms in total. The normalized spacial score (nSPS) is 24.3. The van der Waals surface area contributed by atoms with Crippen molar-refractivity contribution in [3.8, 4) is 0 Å². The van der Waals surface area contributed by atoms with Gasteiger partial charge in [0.15, 0.2) is 5.79 Å². The first-order chi connectivity index (χ1) is 8.29. The van der Waals surface area contributed by atoms with E-state index in [1.54, 1.807) is 0 Å². The van der Waals surface area contributed by atoms with Crippen molar-refractivity contribution in [2.75, 3.05) is 13.2 Å². The SMILES string of the molecule is Cc1ncccc1C1CCC2(CC1)OCCO2. The van der Waals surface area contributed by atoms with Crippen LogP contribution < -0.4 is 0 Å². The molecule has 0 N–H and O–H groups in total. The highest BCUT2D eigenvalue weighted by Crippen LogP contribution is 2.42. The van der Waals surface area contributed by atoms with Crippen LogP contribution in [0.5, 0.6) is 0 Å². The summed E-state index contributed by atoms with van der Waals surface area (Å²) in [6, 6.07) is 4.25. The third-order valence-electron chi connectivity index (χ3n) is 4.05. The maximum absolute atomic E-state index is 5.76. The second-order valence-corrected chi connectivity index (χ2v) is 5.06. The molecule has 92 valence electrons. The van der Waals surface area contributed by atoms with Crippen molar-refractivity contribution in [1.82, 2.24) is 4.98 Å². The van der Waals surface area contributed by atoms with Crippen LogP contribution >= 0.6 is 0 Å². The highest BCUT2D eigenvalue weighted by atomic mass is 16.7. The van der Waals surface area contributed by atoms with Gasteiger partial charge in [-0.2, -0.15) is 0 Å². The fourth-order valence-corrected chi connectivity index (χ4v) is 3.08. The monoisotopic (exact) mass is 233 g/mol. The Bertz CT molecular complexity index is 389. The van der Waals surface area contributed by atoms with E-state index in [0.717, 1.165) is 38.9 Å². The number of hydrogen-bond donors (Lipinski definition) is 0. The highest BCUT2D eigenvalue weighted by Gasteiger charge is 2.40. The lowest BCUT2D eigenvalue weighted by Crippen LogP contribution is -2.34. The highest BCUT2D eigenvalue weighted by molar-refractivity contribution is 5.23. The van der Waals surface area contributed by atoms with E-state index in [4.69, 9.17) is 9.47 Å². The summed E-state index contributed by atoms with van der Waals surface area (Å²) in [4.78, 5) is 4.38. The van der Waals surface area contributed by atoms with Crippen LogP contribution in [0.25, 0.3) is 0 Å². The molecule has 2 fully saturated rings. The molecule has 0 unspecified atom stereocenters. The summed E-state index contributed by atoms with van der Waals surface area (Å²) < 4.78 is 11.5. The van der Waals surface area contributed by atoms with Gasteiger partial charge < -0.3 is 9.47 Å². The van der Waals surface area contributed by atoms with E-state index in [1.165, 1.54) is 11.3 Å². The minimum absolute atomic E-state index is 0.243. The van der Waals surface area contributed by atoms with Crippen molar-refractivity contribution in [2.45, 2.75) is 44.3 Å². The van der Waals surface area contributed by atoms with Gasteiger partial charge >= 0.3 is 0 Å². The van der Waals surface area contributed by atoms with Crippen molar-refractivity contribution < 1.29 is 9.47 Å². The standard InChI is InChI=1S/C14H19NO2/c1-11-13(3-2-8-15-11)12-4-6-14(7-5-12)16-9-10-17-14/h2-3,8,12H,4-7,9-10H2,1H3. The number of pyridine rings is 1. The van der Waals surface area contributed by atoms with Gasteiger partial charge in [-0.15, -0.1) is 0 Å². The van der Waals surface area contributed by atoms with Crippen LogP contribution in [0.1, 0.15) is 42.9 Å². The lowest BCUT2D eigenvalue weighted by Gasteiger charge is -2.35. The molecular formula is C14H19NO2.